The van der Waals surface area contributed by atoms with Crippen LogP contribution in [0.2, 0.25) is 5.02 Å². The summed E-state index contributed by atoms with van der Waals surface area (Å²) in [6, 6.07) is 13.3. The minimum Gasteiger partial charge on any atom is -0.487 e. The van der Waals surface area contributed by atoms with E-state index < -0.39 is 0 Å². The van der Waals surface area contributed by atoms with Gasteiger partial charge in [-0.25, -0.2) is 0 Å². The summed E-state index contributed by atoms with van der Waals surface area (Å²) in [5.41, 5.74) is 8.68. The van der Waals surface area contributed by atoms with E-state index in [1.54, 1.807) is 0 Å². The van der Waals surface area contributed by atoms with Crippen LogP contribution in [0, 0.1) is 6.92 Å². The van der Waals surface area contributed by atoms with Gasteiger partial charge in [-0.05, 0) is 42.3 Å². The van der Waals surface area contributed by atoms with Crippen molar-refractivity contribution in [2.24, 2.45) is 0 Å². The van der Waals surface area contributed by atoms with Crippen LogP contribution in [0.15, 0.2) is 42.5 Å². The molecule has 0 bridgehead atoms. The molecule has 0 aliphatic rings. The summed E-state index contributed by atoms with van der Waals surface area (Å²) in [5, 5.41) is 0.726. The molecule has 0 fully saturated rings. The normalized spacial score (nSPS) is 10.2. The van der Waals surface area contributed by atoms with Gasteiger partial charge in [0.2, 0.25) is 0 Å². The van der Waals surface area contributed by atoms with E-state index in [0.29, 0.717) is 12.3 Å². The molecule has 17 heavy (non-hydrogen) atoms. The maximum atomic E-state index is 5.83. The molecule has 2 aromatic carbocycles. The van der Waals surface area contributed by atoms with Crippen molar-refractivity contribution >= 4 is 17.3 Å². The third kappa shape index (κ3) is 3.14. The fourth-order valence-electron chi connectivity index (χ4n) is 1.51. The number of nitrogen functional groups attached to an aromatic ring is 1. The van der Waals surface area contributed by atoms with Gasteiger partial charge in [-0.2, -0.15) is 0 Å². The first-order valence-electron chi connectivity index (χ1n) is 5.38. The van der Waals surface area contributed by atoms with Gasteiger partial charge in [0.05, 0.1) is 5.69 Å². The average molecular weight is 248 g/mol. The van der Waals surface area contributed by atoms with Crippen LogP contribution in [0.3, 0.4) is 0 Å². The Hall–Kier alpha value is -1.67. The Balaban J connectivity index is 2.07. The van der Waals surface area contributed by atoms with E-state index in [-0.39, 0.29) is 0 Å². The Morgan fingerprint density at radius 1 is 1.12 bits per heavy atom. The van der Waals surface area contributed by atoms with Gasteiger partial charge in [0.25, 0.3) is 0 Å². The molecule has 0 saturated carbocycles. The lowest BCUT2D eigenvalue weighted by Crippen LogP contribution is -1.98. The Bertz CT molecular complexity index is 508. The number of nitrogens with two attached hydrogens (primary N) is 1. The van der Waals surface area contributed by atoms with Crippen LogP contribution in [0.1, 0.15) is 11.1 Å². The van der Waals surface area contributed by atoms with Crippen LogP contribution >= 0.6 is 11.6 Å². The molecule has 2 N–H and O–H groups in total. The molecule has 0 amide bonds. The van der Waals surface area contributed by atoms with Gasteiger partial charge in [-0.1, -0.05) is 29.8 Å². The molecular formula is C14H14ClNO. The van der Waals surface area contributed by atoms with Crippen molar-refractivity contribution in [2.45, 2.75) is 13.5 Å². The first kappa shape index (κ1) is 11.8. The summed E-state index contributed by atoms with van der Waals surface area (Å²) in [6.07, 6.45) is 0. The number of aryl methyl sites for hydroxylation is 1. The highest BCUT2D eigenvalue weighted by Crippen LogP contribution is 2.23. The van der Waals surface area contributed by atoms with E-state index in [4.69, 9.17) is 22.1 Å². The quantitative estimate of drug-likeness (QED) is 0.837. The van der Waals surface area contributed by atoms with Crippen LogP contribution in [-0.4, -0.2) is 0 Å². The molecule has 0 spiro atoms. The van der Waals surface area contributed by atoms with Gasteiger partial charge in [0.1, 0.15) is 12.4 Å². The summed E-state index contributed by atoms with van der Waals surface area (Å²) in [4.78, 5) is 0. The highest BCUT2D eigenvalue weighted by Gasteiger charge is 2.01. The Labute approximate surface area is 106 Å². The lowest BCUT2D eigenvalue weighted by molar-refractivity contribution is 0.308. The molecule has 0 radical (unpaired) electrons. The predicted molar refractivity (Wildman–Crippen MR) is 71.4 cm³/mol. The fraction of sp³-hybridized carbons (Fsp3) is 0.143. The van der Waals surface area contributed by atoms with Crippen molar-refractivity contribution < 1.29 is 4.74 Å². The molecule has 2 nitrogen and oxygen atoms in total. The number of halogens is 1. The van der Waals surface area contributed by atoms with Crippen LogP contribution in [0.4, 0.5) is 5.69 Å². The van der Waals surface area contributed by atoms with Crippen molar-refractivity contribution in [3.8, 4) is 5.75 Å². The van der Waals surface area contributed by atoms with E-state index in [9.17, 15) is 0 Å². The van der Waals surface area contributed by atoms with Gasteiger partial charge in [0, 0.05) is 5.02 Å². The number of hydrogen-bond donors (Lipinski definition) is 1. The number of anilines is 1. The molecule has 0 unspecified atom stereocenters. The molecular weight excluding hydrogens is 234 g/mol. The maximum absolute atomic E-state index is 5.83. The summed E-state index contributed by atoms with van der Waals surface area (Å²) < 4.78 is 5.68. The fourth-order valence-corrected chi connectivity index (χ4v) is 1.63. The summed E-state index contributed by atoms with van der Waals surface area (Å²) in [5.74, 6) is 0.722. The second-order valence-electron chi connectivity index (χ2n) is 3.96. The molecule has 2 rings (SSSR count). The van der Waals surface area contributed by atoms with Crippen molar-refractivity contribution in [3.63, 3.8) is 0 Å². The van der Waals surface area contributed by atoms with Gasteiger partial charge in [0.15, 0.2) is 0 Å². The maximum Gasteiger partial charge on any atom is 0.142 e. The van der Waals surface area contributed by atoms with Gasteiger partial charge < -0.3 is 10.5 Å². The molecule has 0 atom stereocenters. The number of benzene rings is 2. The summed E-state index contributed by atoms with van der Waals surface area (Å²) in [7, 11) is 0. The molecule has 3 heteroatoms. The summed E-state index contributed by atoms with van der Waals surface area (Å²) in [6.45, 7) is 2.50. The van der Waals surface area contributed by atoms with Crippen LogP contribution < -0.4 is 10.5 Å². The van der Waals surface area contributed by atoms with E-state index in [1.807, 2.05) is 49.4 Å². The topological polar surface area (TPSA) is 35.2 Å². The Kier molecular flexibility index (Phi) is 3.55. The first-order chi connectivity index (χ1) is 8.15. The number of hydrogen-bond acceptors (Lipinski definition) is 2. The third-order valence-corrected chi connectivity index (χ3v) is 2.73. The molecule has 0 heterocycles. The second-order valence-corrected chi connectivity index (χ2v) is 4.39. The van der Waals surface area contributed by atoms with Crippen molar-refractivity contribution in [1.29, 1.82) is 0 Å². The van der Waals surface area contributed by atoms with Crippen molar-refractivity contribution in [2.75, 3.05) is 5.73 Å². The minimum absolute atomic E-state index is 0.491. The highest BCUT2D eigenvalue weighted by molar-refractivity contribution is 6.30. The molecule has 88 valence electrons. The SMILES string of the molecule is Cc1ccc(N)c(OCc2ccc(Cl)cc2)c1. The smallest absolute Gasteiger partial charge is 0.142 e. The largest absolute Gasteiger partial charge is 0.487 e. The van der Waals surface area contributed by atoms with Gasteiger partial charge in [-0.15, -0.1) is 0 Å². The van der Waals surface area contributed by atoms with Crippen LogP contribution in [0.5, 0.6) is 5.75 Å². The standard InChI is InChI=1S/C14H14ClNO/c1-10-2-7-13(16)14(8-10)17-9-11-3-5-12(15)6-4-11/h2-8H,9,16H2,1H3. The van der Waals surface area contributed by atoms with E-state index >= 15 is 0 Å². The zero-order chi connectivity index (χ0) is 12.3. The van der Waals surface area contributed by atoms with E-state index in [0.717, 1.165) is 21.9 Å². The predicted octanol–water partition coefficient (Wildman–Crippen LogP) is 3.81. The average Bonchev–Trinajstić information content (AvgIpc) is 2.32. The number of rotatable bonds is 3. The van der Waals surface area contributed by atoms with Gasteiger partial charge >= 0.3 is 0 Å². The summed E-state index contributed by atoms with van der Waals surface area (Å²) >= 11 is 5.81. The molecule has 0 saturated heterocycles. The van der Waals surface area contributed by atoms with Crippen LogP contribution in [0.25, 0.3) is 0 Å². The van der Waals surface area contributed by atoms with E-state index in [2.05, 4.69) is 0 Å². The molecule has 0 aliphatic heterocycles. The first-order valence-corrected chi connectivity index (χ1v) is 5.76. The van der Waals surface area contributed by atoms with Crippen molar-refractivity contribution in [3.05, 3.63) is 58.6 Å². The monoisotopic (exact) mass is 247 g/mol. The van der Waals surface area contributed by atoms with Crippen LogP contribution in [-0.2, 0) is 6.61 Å². The molecule has 2 aromatic rings. The third-order valence-electron chi connectivity index (χ3n) is 2.48. The number of ether oxygens (including phenoxy) is 1. The van der Waals surface area contributed by atoms with Crippen molar-refractivity contribution in [1.82, 2.24) is 0 Å². The Morgan fingerprint density at radius 2 is 1.82 bits per heavy atom. The lowest BCUT2D eigenvalue weighted by atomic mass is 10.2. The zero-order valence-electron chi connectivity index (χ0n) is 9.61. The lowest BCUT2D eigenvalue weighted by Gasteiger charge is -2.09. The zero-order valence-corrected chi connectivity index (χ0v) is 10.4. The highest BCUT2D eigenvalue weighted by atomic mass is 35.5. The molecule has 0 aliphatic carbocycles. The van der Waals surface area contributed by atoms with Gasteiger partial charge in [-0.3, -0.25) is 0 Å². The van der Waals surface area contributed by atoms with E-state index in [1.165, 1.54) is 0 Å². The molecule has 0 aromatic heterocycles. The Morgan fingerprint density at radius 3 is 2.53 bits per heavy atom. The second kappa shape index (κ2) is 5.11. The minimum atomic E-state index is 0.491.